The molecular weight excluding hydrogens is 370 g/mol. The molecular formula is C20H16ClNO3S. The lowest BCUT2D eigenvalue weighted by Crippen LogP contribution is -2.17. The number of benzene rings is 2. The van der Waals surface area contributed by atoms with Gasteiger partial charge in [-0.25, -0.2) is 4.79 Å². The maximum absolute atomic E-state index is 12.6. The lowest BCUT2D eigenvalue weighted by Gasteiger charge is -2.19. The predicted octanol–water partition coefficient (Wildman–Crippen LogP) is 5.26. The highest BCUT2D eigenvalue weighted by atomic mass is 35.5. The molecule has 0 fully saturated rings. The molecule has 0 bridgehead atoms. The fraction of sp³-hybridized carbons (Fsp3) is 0.100. The highest BCUT2D eigenvalue weighted by Crippen LogP contribution is 2.33. The summed E-state index contributed by atoms with van der Waals surface area (Å²) in [5, 5.41) is 15.6. The van der Waals surface area contributed by atoms with Gasteiger partial charge < -0.3 is 10.4 Å². The summed E-state index contributed by atoms with van der Waals surface area (Å²) in [5.74, 6) is -1.55. The van der Waals surface area contributed by atoms with Crippen molar-refractivity contribution in [1.29, 1.82) is 0 Å². The molecule has 0 saturated heterocycles. The van der Waals surface area contributed by atoms with Gasteiger partial charge in [0.1, 0.15) is 0 Å². The normalized spacial score (nSPS) is 11.7. The number of thiophene rings is 1. The van der Waals surface area contributed by atoms with Gasteiger partial charge in [-0.2, -0.15) is 0 Å². The van der Waals surface area contributed by atoms with Gasteiger partial charge in [0.05, 0.1) is 11.3 Å². The van der Waals surface area contributed by atoms with Crippen molar-refractivity contribution >= 4 is 40.5 Å². The Morgan fingerprint density at radius 3 is 2.42 bits per heavy atom. The lowest BCUT2D eigenvalue weighted by atomic mass is 9.88. The molecule has 3 rings (SSSR count). The van der Waals surface area contributed by atoms with E-state index in [-0.39, 0.29) is 23.8 Å². The number of hydrogen-bond donors (Lipinski definition) is 2. The van der Waals surface area contributed by atoms with Crippen molar-refractivity contribution in [3.05, 3.63) is 87.1 Å². The first kappa shape index (κ1) is 18.2. The van der Waals surface area contributed by atoms with Crippen LogP contribution < -0.4 is 5.32 Å². The van der Waals surface area contributed by atoms with Crippen LogP contribution in [0, 0.1) is 0 Å². The number of amides is 1. The molecule has 26 heavy (non-hydrogen) atoms. The predicted molar refractivity (Wildman–Crippen MR) is 104 cm³/mol. The summed E-state index contributed by atoms with van der Waals surface area (Å²) in [6.07, 6.45) is 0.155. The van der Waals surface area contributed by atoms with Crippen molar-refractivity contribution in [1.82, 2.24) is 0 Å². The summed E-state index contributed by atoms with van der Waals surface area (Å²) < 4.78 is 0. The Morgan fingerprint density at radius 2 is 1.73 bits per heavy atom. The average Bonchev–Trinajstić information content (AvgIpc) is 3.09. The van der Waals surface area contributed by atoms with E-state index in [0.717, 1.165) is 11.1 Å². The number of carboxylic acid groups (broad SMARTS) is 1. The van der Waals surface area contributed by atoms with Crippen molar-refractivity contribution in [3.8, 4) is 0 Å². The maximum Gasteiger partial charge on any atom is 0.338 e. The third-order valence-electron chi connectivity index (χ3n) is 4.04. The van der Waals surface area contributed by atoms with E-state index in [1.807, 2.05) is 48.5 Å². The number of anilines is 1. The number of carbonyl (C=O) groups is 2. The molecule has 4 nitrogen and oxygen atoms in total. The summed E-state index contributed by atoms with van der Waals surface area (Å²) in [6.45, 7) is 0. The number of nitrogens with one attached hydrogen (secondary N) is 1. The number of rotatable bonds is 6. The van der Waals surface area contributed by atoms with Crippen LogP contribution in [0.5, 0.6) is 0 Å². The third-order valence-corrected chi connectivity index (χ3v) is 5.13. The van der Waals surface area contributed by atoms with E-state index in [1.165, 1.54) is 16.7 Å². The Balaban J connectivity index is 1.86. The second kappa shape index (κ2) is 8.17. The van der Waals surface area contributed by atoms with Crippen molar-refractivity contribution in [2.45, 2.75) is 12.3 Å². The van der Waals surface area contributed by atoms with Gasteiger partial charge in [-0.1, -0.05) is 60.1 Å². The molecule has 1 aromatic heterocycles. The van der Waals surface area contributed by atoms with E-state index in [4.69, 9.17) is 11.6 Å². The Labute approximate surface area is 160 Å². The van der Waals surface area contributed by atoms with Crippen LogP contribution in [-0.2, 0) is 4.79 Å². The van der Waals surface area contributed by atoms with E-state index in [0.29, 0.717) is 10.7 Å². The molecule has 2 aromatic carbocycles. The average molecular weight is 386 g/mol. The van der Waals surface area contributed by atoms with Crippen molar-refractivity contribution < 1.29 is 14.7 Å². The number of hydrogen-bond acceptors (Lipinski definition) is 3. The molecule has 0 saturated carbocycles. The highest BCUT2D eigenvalue weighted by molar-refractivity contribution is 7.08. The van der Waals surface area contributed by atoms with Crippen LogP contribution in [0.4, 0.5) is 5.69 Å². The Morgan fingerprint density at radius 1 is 1.04 bits per heavy atom. The minimum absolute atomic E-state index is 0.0948. The van der Waals surface area contributed by atoms with Crippen LogP contribution in [0.15, 0.2) is 65.4 Å². The summed E-state index contributed by atoms with van der Waals surface area (Å²) in [6, 6.07) is 17.1. The molecule has 1 heterocycles. The molecule has 1 unspecified atom stereocenters. The Bertz CT molecular complexity index is 924. The van der Waals surface area contributed by atoms with Gasteiger partial charge in [0.15, 0.2) is 0 Å². The van der Waals surface area contributed by atoms with E-state index in [9.17, 15) is 14.7 Å². The van der Waals surface area contributed by atoms with Gasteiger partial charge in [-0.3, -0.25) is 4.79 Å². The first-order chi connectivity index (χ1) is 12.6. The zero-order valence-corrected chi connectivity index (χ0v) is 15.3. The van der Waals surface area contributed by atoms with Crippen LogP contribution in [0.2, 0.25) is 5.02 Å². The number of carbonyl (C=O) groups excluding carboxylic acids is 1. The smallest absolute Gasteiger partial charge is 0.338 e. The summed E-state index contributed by atoms with van der Waals surface area (Å²) >= 11 is 7.59. The van der Waals surface area contributed by atoms with Crippen molar-refractivity contribution in [2.75, 3.05) is 5.32 Å². The van der Waals surface area contributed by atoms with Crippen LogP contribution in [0.1, 0.15) is 33.8 Å². The number of aromatic carboxylic acids is 1. The molecule has 0 aliphatic rings. The summed E-state index contributed by atoms with van der Waals surface area (Å²) in [5.41, 5.74) is 2.25. The highest BCUT2D eigenvalue weighted by Gasteiger charge is 2.22. The van der Waals surface area contributed by atoms with Gasteiger partial charge >= 0.3 is 5.97 Å². The standard InChI is InChI=1S/C20H16ClNO3S/c21-17-9-5-4-8-14(17)15(13-6-2-1-3-7-13)10-19(23)22-18-12-26-11-16(18)20(24)25/h1-9,11-12,15H,10H2,(H,22,23)(H,24,25). The van der Waals surface area contributed by atoms with E-state index in [1.54, 1.807) is 11.4 Å². The molecule has 0 aliphatic carbocycles. The van der Waals surface area contributed by atoms with Gasteiger partial charge in [0.25, 0.3) is 0 Å². The number of halogens is 1. The van der Waals surface area contributed by atoms with Gasteiger partial charge in [-0.15, -0.1) is 11.3 Å². The van der Waals surface area contributed by atoms with E-state index >= 15 is 0 Å². The minimum atomic E-state index is -1.06. The molecule has 0 aliphatic heterocycles. The molecule has 6 heteroatoms. The molecule has 132 valence electrons. The zero-order valence-electron chi connectivity index (χ0n) is 13.7. The second-order valence-electron chi connectivity index (χ2n) is 5.74. The second-order valence-corrected chi connectivity index (χ2v) is 6.89. The van der Waals surface area contributed by atoms with E-state index in [2.05, 4.69) is 5.32 Å². The first-order valence-corrected chi connectivity index (χ1v) is 9.27. The van der Waals surface area contributed by atoms with Crippen molar-refractivity contribution in [3.63, 3.8) is 0 Å². The Kier molecular flexibility index (Phi) is 5.71. The molecule has 0 radical (unpaired) electrons. The maximum atomic E-state index is 12.6. The van der Waals surface area contributed by atoms with Crippen LogP contribution in [0.3, 0.4) is 0 Å². The molecule has 0 spiro atoms. The SMILES string of the molecule is O=C(CC(c1ccccc1)c1ccccc1Cl)Nc1cscc1C(=O)O. The first-order valence-electron chi connectivity index (χ1n) is 7.95. The fourth-order valence-corrected chi connectivity index (χ4v) is 3.82. The molecule has 1 atom stereocenters. The number of carboxylic acids is 1. The van der Waals surface area contributed by atoms with Crippen LogP contribution in [-0.4, -0.2) is 17.0 Å². The zero-order chi connectivity index (χ0) is 18.5. The minimum Gasteiger partial charge on any atom is -0.478 e. The van der Waals surface area contributed by atoms with Gasteiger partial charge in [-0.05, 0) is 17.2 Å². The largest absolute Gasteiger partial charge is 0.478 e. The fourth-order valence-electron chi connectivity index (χ4n) is 2.80. The molecule has 1 amide bonds. The van der Waals surface area contributed by atoms with E-state index < -0.39 is 5.97 Å². The molecule has 2 N–H and O–H groups in total. The lowest BCUT2D eigenvalue weighted by molar-refractivity contribution is -0.116. The quantitative estimate of drug-likeness (QED) is 0.608. The van der Waals surface area contributed by atoms with Crippen LogP contribution >= 0.6 is 22.9 Å². The van der Waals surface area contributed by atoms with Crippen LogP contribution in [0.25, 0.3) is 0 Å². The third kappa shape index (κ3) is 4.12. The molecule has 3 aromatic rings. The topological polar surface area (TPSA) is 66.4 Å². The van der Waals surface area contributed by atoms with Gasteiger partial charge in [0.2, 0.25) is 5.91 Å². The summed E-state index contributed by atoms with van der Waals surface area (Å²) in [7, 11) is 0. The monoisotopic (exact) mass is 385 g/mol. The summed E-state index contributed by atoms with van der Waals surface area (Å²) in [4.78, 5) is 23.8. The van der Waals surface area contributed by atoms with Crippen molar-refractivity contribution in [2.24, 2.45) is 0 Å². The Hall–Kier alpha value is -2.63. The van der Waals surface area contributed by atoms with Gasteiger partial charge in [0, 0.05) is 28.1 Å².